The predicted octanol–water partition coefficient (Wildman–Crippen LogP) is 5.12. The largest absolute Gasteiger partial charge is 0.444 e. The second-order valence-electron chi connectivity index (χ2n) is 9.06. The molecule has 0 bridgehead atoms. The number of carbonyl (C=O) groups excluding carboxylic acids is 2. The lowest BCUT2D eigenvalue weighted by atomic mass is 10.1. The number of fused-ring (bicyclic) bond motifs is 1. The summed E-state index contributed by atoms with van der Waals surface area (Å²) in [5.74, 6) is -0.0337. The molecule has 0 N–H and O–H groups in total. The van der Waals surface area contributed by atoms with Gasteiger partial charge in [-0.15, -0.1) is 0 Å². The van der Waals surface area contributed by atoms with Gasteiger partial charge in [-0.05, 0) is 57.4 Å². The second kappa shape index (κ2) is 8.42. The van der Waals surface area contributed by atoms with Crippen molar-refractivity contribution in [2.75, 3.05) is 18.1 Å². The highest BCUT2D eigenvalue weighted by molar-refractivity contribution is 6.31. The number of benzene rings is 2. The van der Waals surface area contributed by atoms with E-state index in [9.17, 15) is 9.59 Å². The lowest BCUT2D eigenvalue weighted by molar-refractivity contribution is 0.0213. The van der Waals surface area contributed by atoms with Crippen LogP contribution < -0.4 is 4.90 Å². The summed E-state index contributed by atoms with van der Waals surface area (Å²) in [6.45, 7) is 7.10. The molecule has 2 aliphatic heterocycles. The second-order valence-corrected chi connectivity index (χ2v) is 9.49. The van der Waals surface area contributed by atoms with Gasteiger partial charge in [0.25, 0.3) is 5.91 Å². The molecule has 2 amide bonds. The van der Waals surface area contributed by atoms with E-state index in [1.165, 1.54) is 0 Å². The van der Waals surface area contributed by atoms with E-state index in [0.29, 0.717) is 30.3 Å². The number of rotatable bonds is 3. The number of nitrogens with zero attached hydrogens (tertiary/aromatic N) is 3. The van der Waals surface area contributed by atoms with Gasteiger partial charge in [0, 0.05) is 18.1 Å². The molecule has 0 spiro atoms. The van der Waals surface area contributed by atoms with Crippen LogP contribution in [0.25, 0.3) is 0 Å². The molecule has 4 rings (SSSR count). The molecule has 2 aromatic carbocycles. The molecule has 0 aliphatic carbocycles. The zero-order valence-electron chi connectivity index (χ0n) is 18.2. The molecule has 1 saturated heterocycles. The maximum atomic E-state index is 13.2. The number of halogens is 1. The Hall–Kier alpha value is -2.73. The number of amides is 2. The lowest BCUT2D eigenvalue weighted by Crippen LogP contribution is -2.55. The molecule has 1 atom stereocenters. The number of ether oxygens (including phenoxy) is 1. The monoisotopic (exact) mass is 441 g/mol. The molecular formula is C24H28ClN3O3. The SMILES string of the molecule is CC(C)(C)OC(=O)N1CCCC1N1CN(Cc2ccccc2)C(=O)c2ccc(Cl)cc21. The summed E-state index contributed by atoms with van der Waals surface area (Å²) >= 11 is 6.29. The van der Waals surface area contributed by atoms with Gasteiger partial charge in [0.2, 0.25) is 0 Å². The fourth-order valence-corrected chi connectivity index (χ4v) is 4.37. The minimum Gasteiger partial charge on any atom is -0.444 e. The highest BCUT2D eigenvalue weighted by atomic mass is 35.5. The van der Waals surface area contributed by atoms with E-state index in [-0.39, 0.29) is 18.2 Å². The van der Waals surface area contributed by atoms with E-state index in [2.05, 4.69) is 4.90 Å². The van der Waals surface area contributed by atoms with Crippen molar-refractivity contribution in [3.05, 3.63) is 64.7 Å². The summed E-state index contributed by atoms with van der Waals surface area (Å²) in [7, 11) is 0. The van der Waals surface area contributed by atoms with Gasteiger partial charge < -0.3 is 14.5 Å². The van der Waals surface area contributed by atoms with E-state index in [1.54, 1.807) is 17.0 Å². The predicted molar refractivity (Wildman–Crippen MR) is 121 cm³/mol. The number of carbonyl (C=O) groups is 2. The van der Waals surface area contributed by atoms with Crippen molar-refractivity contribution in [2.24, 2.45) is 0 Å². The van der Waals surface area contributed by atoms with Crippen molar-refractivity contribution in [1.82, 2.24) is 9.80 Å². The molecule has 6 nitrogen and oxygen atoms in total. The number of anilines is 1. The first-order valence-electron chi connectivity index (χ1n) is 10.6. The smallest absolute Gasteiger partial charge is 0.411 e. The van der Waals surface area contributed by atoms with Gasteiger partial charge in [-0.25, -0.2) is 4.79 Å². The van der Waals surface area contributed by atoms with Crippen LogP contribution in [0, 0.1) is 0 Å². The summed E-state index contributed by atoms with van der Waals surface area (Å²) in [5.41, 5.74) is 1.86. The summed E-state index contributed by atoms with van der Waals surface area (Å²) in [6.07, 6.45) is 1.16. The van der Waals surface area contributed by atoms with Gasteiger partial charge in [-0.3, -0.25) is 9.69 Å². The van der Waals surface area contributed by atoms with Crippen LogP contribution in [-0.4, -0.2) is 46.8 Å². The summed E-state index contributed by atoms with van der Waals surface area (Å²) < 4.78 is 5.65. The van der Waals surface area contributed by atoms with Crippen molar-refractivity contribution < 1.29 is 14.3 Å². The zero-order chi connectivity index (χ0) is 22.2. The van der Waals surface area contributed by atoms with Crippen molar-refractivity contribution >= 4 is 29.3 Å². The van der Waals surface area contributed by atoms with E-state index in [0.717, 1.165) is 24.1 Å². The Bertz CT molecular complexity index is 974. The summed E-state index contributed by atoms with van der Waals surface area (Å²) in [6, 6.07) is 15.3. The minimum absolute atomic E-state index is 0.0337. The highest BCUT2D eigenvalue weighted by Crippen LogP contribution is 2.36. The molecule has 2 aromatic rings. The van der Waals surface area contributed by atoms with Crippen molar-refractivity contribution in [3.8, 4) is 0 Å². The van der Waals surface area contributed by atoms with Crippen molar-refractivity contribution in [1.29, 1.82) is 0 Å². The highest BCUT2D eigenvalue weighted by Gasteiger charge is 2.40. The van der Waals surface area contributed by atoms with E-state index in [4.69, 9.17) is 16.3 Å². The third-order valence-corrected chi connectivity index (χ3v) is 5.77. The molecule has 31 heavy (non-hydrogen) atoms. The quantitative estimate of drug-likeness (QED) is 0.663. The lowest BCUT2D eigenvalue weighted by Gasteiger charge is -2.44. The van der Waals surface area contributed by atoms with E-state index >= 15 is 0 Å². The van der Waals surface area contributed by atoms with Crippen molar-refractivity contribution in [3.63, 3.8) is 0 Å². The Labute approximate surface area is 188 Å². The molecule has 7 heteroatoms. The van der Waals surface area contributed by atoms with Gasteiger partial charge in [0.15, 0.2) is 0 Å². The normalized spacial score (nSPS) is 18.9. The van der Waals surface area contributed by atoms with Crippen LogP contribution in [0.15, 0.2) is 48.5 Å². The molecule has 1 unspecified atom stereocenters. The third-order valence-electron chi connectivity index (χ3n) is 5.54. The van der Waals surface area contributed by atoms with E-state index < -0.39 is 5.60 Å². The summed E-state index contributed by atoms with van der Waals surface area (Å²) in [4.78, 5) is 31.8. The molecule has 2 heterocycles. The average molecular weight is 442 g/mol. The Morgan fingerprint density at radius 1 is 1.16 bits per heavy atom. The topological polar surface area (TPSA) is 53.1 Å². The Balaban J connectivity index is 1.66. The van der Waals surface area contributed by atoms with Gasteiger partial charge in [-0.1, -0.05) is 41.9 Å². The maximum absolute atomic E-state index is 13.2. The molecular weight excluding hydrogens is 414 g/mol. The Kier molecular flexibility index (Phi) is 5.84. The molecule has 0 saturated carbocycles. The van der Waals surface area contributed by atoms with Crippen LogP contribution in [0.5, 0.6) is 0 Å². The van der Waals surface area contributed by atoms with Gasteiger partial charge in [0.05, 0.1) is 17.9 Å². The first-order valence-corrected chi connectivity index (χ1v) is 11.0. The van der Waals surface area contributed by atoms with Gasteiger partial charge >= 0.3 is 6.09 Å². The first-order chi connectivity index (χ1) is 14.7. The van der Waals surface area contributed by atoms with Crippen LogP contribution in [-0.2, 0) is 11.3 Å². The fraction of sp³-hybridized carbons (Fsp3) is 0.417. The maximum Gasteiger partial charge on any atom is 0.411 e. The molecule has 0 aromatic heterocycles. The van der Waals surface area contributed by atoms with Crippen molar-refractivity contribution in [2.45, 2.75) is 51.9 Å². The molecule has 164 valence electrons. The van der Waals surface area contributed by atoms with Crippen LogP contribution in [0.1, 0.15) is 49.5 Å². The number of likely N-dealkylation sites (tertiary alicyclic amines) is 1. The summed E-state index contributed by atoms with van der Waals surface area (Å²) in [5, 5.41) is 0.565. The minimum atomic E-state index is -0.567. The van der Waals surface area contributed by atoms with Crippen LogP contribution in [0.4, 0.5) is 10.5 Å². The molecule has 1 fully saturated rings. The van der Waals surface area contributed by atoms with Gasteiger partial charge in [-0.2, -0.15) is 0 Å². The molecule has 2 aliphatic rings. The van der Waals surface area contributed by atoms with Crippen LogP contribution >= 0.6 is 11.6 Å². The Morgan fingerprint density at radius 2 is 1.90 bits per heavy atom. The zero-order valence-corrected chi connectivity index (χ0v) is 18.9. The van der Waals surface area contributed by atoms with Gasteiger partial charge in [0.1, 0.15) is 11.8 Å². The fourth-order valence-electron chi connectivity index (χ4n) is 4.21. The Morgan fingerprint density at radius 3 is 2.61 bits per heavy atom. The first kappa shape index (κ1) is 21.5. The number of hydrogen-bond donors (Lipinski definition) is 0. The van der Waals surface area contributed by atoms with Crippen LogP contribution in [0.3, 0.4) is 0 Å². The third kappa shape index (κ3) is 4.64. The number of hydrogen-bond acceptors (Lipinski definition) is 4. The average Bonchev–Trinajstić information content (AvgIpc) is 3.19. The van der Waals surface area contributed by atoms with Crippen LogP contribution in [0.2, 0.25) is 5.02 Å². The molecule has 0 radical (unpaired) electrons. The standard InChI is InChI=1S/C24H28ClN3O3/c1-24(2,3)31-23(30)27-13-7-10-21(27)28-16-26(15-17-8-5-4-6-9-17)22(29)19-12-11-18(25)14-20(19)28/h4-6,8-9,11-12,14,21H,7,10,13,15-16H2,1-3H3. The van der Waals surface area contributed by atoms with E-state index in [1.807, 2.05) is 62.1 Å².